The minimum Gasteiger partial charge on any atom is -0.335 e. The molecular weight excluding hydrogens is 228 g/mol. The predicted octanol–water partition coefficient (Wildman–Crippen LogP) is 0.823. The topological polar surface area (TPSA) is 58.1 Å². The zero-order valence-electron chi connectivity index (χ0n) is 11.0. The van der Waals surface area contributed by atoms with Gasteiger partial charge >= 0.3 is 0 Å². The molecule has 0 aromatic carbocycles. The Kier molecular flexibility index (Phi) is 4.25. The summed E-state index contributed by atoms with van der Waals surface area (Å²) in [5.41, 5.74) is 0.843. The Morgan fingerprint density at radius 2 is 2.39 bits per heavy atom. The molecular formula is C13H20N4O. The van der Waals surface area contributed by atoms with Crippen LogP contribution in [0.5, 0.6) is 0 Å². The Hall–Kier alpha value is -1.49. The van der Waals surface area contributed by atoms with Crippen molar-refractivity contribution in [3.63, 3.8) is 0 Å². The van der Waals surface area contributed by atoms with E-state index in [1.54, 1.807) is 6.20 Å². The summed E-state index contributed by atoms with van der Waals surface area (Å²) < 4.78 is 0. The highest BCUT2D eigenvalue weighted by Gasteiger charge is 2.30. The normalized spacial score (nSPS) is 25.0. The molecule has 98 valence electrons. The monoisotopic (exact) mass is 248 g/mol. The standard InChI is InChI=1S/C13H20N4O/c1-10-5-4-8-17(13(18)12(10)14-2)9-11-6-3-7-15-16-11/h3,6-7,10,12,14H,4-5,8-9H2,1-2H3. The Morgan fingerprint density at radius 1 is 1.56 bits per heavy atom. The zero-order valence-corrected chi connectivity index (χ0v) is 11.0. The Bertz CT molecular complexity index is 395. The van der Waals surface area contributed by atoms with E-state index in [2.05, 4.69) is 22.4 Å². The molecule has 5 heteroatoms. The fraction of sp³-hybridized carbons (Fsp3) is 0.615. The van der Waals surface area contributed by atoms with E-state index in [9.17, 15) is 4.79 Å². The second kappa shape index (κ2) is 5.91. The summed E-state index contributed by atoms with van der Waals surface area (Å²) in [6.45, 7) is 3.49. The lowest BCUT2D eigenvalue weighted by atomic mass is 9.98. The molecule has 1 aliphatic heterocycles. The third kappa shape index (κ3) is 2.85. The summed E-state index contributed by atoms with van der Waals surface area (Å²) in [5, 5.41) is 11.0. The maximum Gasteiger partial charge on any atom is 0.240 e. The second-order valence-corrected chi connectivity index (χ2v) is 4.86. The van der Waals surface area contributed by atoms with Crippen molar-refractivity contribution in [3.8, 4) is 0 Å². The summed E-state index contributed by atoms with van der Waals surface area (Å²) in [4.78, 5) is 14.3. The maximum absolute atomic E-state index is 12.4. The SMILES string of the molecule is CNC1C(=O)N(Cc2cccnn2)CCCC1C. The first-order valence-electron chi connectivity index (χ1n) is 6.45. The van der Waals surface area contributed by atoms with Gasteiger partial charge in [-0.05, 0) is 37.9 Å². The summed E-state index contributed by atoms with van der Waals surface area (Å²) in [5.74, 6) is 0.558. The number of nitrogens with zero attached hydrogens (tertiary/aromatic N) is 3. The van der Waals surface area contributed by atoms with Gasteiger partial charge in [-0.1, -0.05) is 6.92 Å². The fourth-order valence-corrected chi connectivity index (χ4v) is 2.50. The highest BCUT2D eigenvalue weighted by molar-refractivity contribution is 5.82. The maximum atomic E-state index is 12.4. The molecule has 2 unspecified atom stereocenters. The van der Waals surface area contributed by atoms with Crippen LogP contribution in [0.4, 0.5) is 0 Å². The van der Waals surface area contributed by atoms with Crippen molar-refractivity contribution in [2.45, 2.75) is 32.4 Å². The smallest absolute Gasteiger partial charge is 0.240 e. The minimum absolute atomic E-state index is 0.0795. The molecule has 0 spiro atoms. The molecule has 0 bridgehead atoms. The Morgan fingerprint density at radius 3 is 3.06 bits per heavy atom. The van der Waals surface area contributed by atoms with Crippen LogP contribution in [0.1, 0.15) is 25.5 Å². The summed E-state index contributed by atoms with van der Waals surface area (Å²) in [6.07, 6.45) is 3.77. The van der Waals surface area contributed by atoms with Gasteiger partial charge in [0.2, 0.25) is 5.91 Å². The summed E-state index contributed by atoms with van der Waals surface area (Å²) in [7, 11) is 1.85. The van der Waals surface area contributed by atoms with Crippen molar-refractivity contribution in [2.75, 3.05) is 13.6 Å². The van der Waals surface area contributed by atoms with Gasteiger partial charge in [-0.3, -0.25) is 4.79 Å². The Balaban J connectivity index is 2.10. The zero-order chi connectivity index (χ0) is 13.0. The molecule has 0 radical (unpaired) electrons. The van der Waals surface area contributed by atoms with E-state index < -0.39 is 0 Å². The van der Waals surface area contributed by atoms with Gasteiger partial charge in [0.25, 0.3) is 0 Å². The molecule has 1 amide bonds. The number of rotatable bonds is 3. The molecule has 5 nitrogen and oxygen atoms in total. The van der Waals surface area contributed by atoms with E-state index in [4.69, 9.17) is 0 Å². The molecule has 1 saturated heterocycles. The predicted molar refractivity (Wildman–Crippen MR) is 68.7 cm³/mol. The Labute approximate surface area is 108 Å². The second-order valence-electron chi connectivity index (χ2n) is 4.86. The van der Waals surface area contributed by atoms with Crippen molar-refractivity contribution in [1.82, 2.24) is 20.4 Å². The van der Waals surface area contributed by atoms with E-state index in [-0.39, 0.29) is 11.9 Å². The third-order valence-corrected chi connectivity index (χ3v) is 3.53. The number of aromatic nitrogens is 2. The van der Waals surface area contributed by atoms with Crippen LogP contribution in [0.2, 0.25) is 0 Å². The van der Waals surface area contributed by atoms with E-state index in [0.717, 1.165) is 25.1 Å². The van der Waals surface area contributed by atoms with Crippen molar-refractivity contribution in [2.24, 2.45) is 5.92 Å². The number of hydrogen-bond acceptors (Lipinski definition) is 4. The van der Waals surface area contributed by atoms with Crippen molar-refractivity contribution in [3.05, 3.63) is 24.0 Å². The van der Waals surface area contributed by atoms with Crippen molar-refractivity contribution < 1.29 is 4.79 Å². The third-order valence-electron chi connectivity index (χ3n) is 3.53. The molecule has 1 N–H and O–H groups in total. The van der Waals surface area contributed by atoms with Crippen LogP contribution in [-0.4, -0.2) is 40.6 Å². The van der Waals surface area contributed by atoms with Gasteiger partial charge in [0.15, 0.2) is 0 Å². The van der Waals surface area contributed by atoms with E-state index in [0.29, 0.717) is 12.5 Å². The quantitative estimate of drug-likeness (QED) is 0.860. The van der Waals surface area contributed by atoms with Gasteiger partial charge < -0.3 is 10.2 Å². The van der Waals surface area contributed by atoms with Crippen LogP contribution in [0.15, 0.2) is 18.3 Å². The van der Waals surface area contributed by atoms with E-state index in [1.807, 2.05) is 24.1 Å². The number of carbonyl (C=O) groups excluding carboxylic acids is 1. The molecule has 18 heavy (non-hydrogen) atoms. The summed E-state index contributed by atoms with van der Waals surface area (Å²) in [6, 6.07) is 3.68. The summed E-state index contributed by atoms with van der Waals surface area (Å²) >= 11 is 0. The molecule has 1 aliphatic rings. The highest BCUT2D eigenvalue weighted by Crippen LogP contribution is 2.19. The first-order valence-corrected chi connectivity index (χ1v) is 6.45. The molecule has 1 fully saturated rings. The van der Waals surface area contributed by atoms with Gasteiger partial charge in [-0.2, -0.15) is 10.2 Å². The molecule has 2 heterocycles. The van der Waals surface area contributed by atoms with E-state index in [1.165, 1.54) is 0 Å². The lowest BCUT2D eigenvalue weighted by molar-refractivity contribution is -0.134. The van der Waals surface area contributed by atoms with Gasteiger partial charge in [0, 0.05) is 12.7 Å². The lowest BCUT2D eigenvalue weighted by Gasteiger charge is -2.25. The molecule has 2 atom stereocenters. The van der Waals surface area contributed by atoms with Crippen LogP contribution in [-0.2, 0) is 11.3 Å². The molecule has 0 aliphatic carbocycles. The molecule has 1 aromatic heterocycles. The number of amides is 1. The van der Waals surface area contributed by atoms with Gasteiger partial charge in [-0.15, -0.1) is 0 Å². The minimum atomic E-state index is -0.0795. The average molecular weight is 248 g/mol. The largest absolute Gasteiger partial charge is 0.335 e. The molecule has 0 saturated carbocycles. The first-order chi connectivity index (χ1) is 8.72. The van der Waals surface area contributed by atoms with Crippen LogP contribution >= 0.6 is 0 Å². The molecule has 2 rings (SSSR count). The first kappa shape index (κ1) is 13.0. The van der Waals surface area contributed by atoms with Crippen LogP contribution in [0.3, 0.4) is 0 Å². The van der Waals surface area contributed by atoms with Crippen molar-refractivity contribution in [1.29, 1.82) is 0 Å². The number of nitrogens with one attached hydrogen (secondary N) is 1. The number of carbonyl (C=O) groups is 1. The lowest BCUT2D eigenvalue weighted by Crippen LogP contribution is -2.46. The number of likely N-dealkylation sites (N-methyl/N-ethyl adjacent to an activating group) is 1. The van der Waals surface area contributed by atoms with E-state index >= 15 is 0 Å². The van der Waals surface area contributed by atoms with Crippen LogP contribution in [0.25, 0.3) is 0 Å². The van der Waals surface area contributed by atoms with Crippen LogP contribution in [0, 0.1) is 5.92 Å². The van der Waals surface area contributed by atoms with Gasteiger partial charge in [-0.25, -0.2) is 0 Å². The fourth-order valence-electron chi connectivity index (χ4n) is 2.50. The van der Waals surface area contributed by atoms with Crippen molar-refractivity contribution >= 4 is 5.91 Å². The number of hydrogen-bond donors (Lipinski definition) is 1. The van der Waals surface area contributed by atoms with Gasteiger partial charge in [0.05, 0.1) is 18.3 Å². The molecule has 1 aromatic rings. The highest BCUT2D eigenvalue weighted by atomic mass is 16.2. The average Bonchev–Trinajstić information content (AvgIpc) is 2.51. The number of likely N-dealkylation sites (tertiary alicyclic amines) is 1. The van der Waals surface area contributed by atoms with Gasteiger partial charge in [0.1, 0.15) is 0 Å². The van der Waals surface area contributed by atoms with Crippen LogP contribution < -0.4 is 5.32 Å².